The molecule has 3 heterocycles. The van der Waals surface area contributed by atoms with Gasteiger partial charge >= 0.3 is 0 Å². The standard InChI is InChI=1S/C8H11NO2/c1-9-6-3-4-2-5(8(9)10)7(6)11-4/h4-7H,2-3H2,1H3. The summed E-state index contributed by atoms with van der Waals surface area (Å²) in [5.74, 6) is 0.517. The highest BCUT2D eigenvalue weighted by Crippen LogP contribution is 2.46. The summed E-state index contributed by atoms with van der Waals surface area (Å²) in [6.45, 7) is 0. The number of likely N-dealkylation sites (tertiary alicyclic amines) is 1. The first kappa shape index (κ1) is 6.00. The van der Waals surface area contributed by atoms with Crippen LogP contribution in [0.3, 0.4) is 0 Å². The number of fused-ring (bicyclic) bond motifs is 1. The van der Waals surface area contributed by atoms with Gasteiger partial charge in [0.25, 0.3) is 0 Å². The van der Waals surface area contributed by atoms with Gasteiger partial charge in [0.1, 0.15) is 0 Å². The highest BCUT2D eigenvalue weighted by molar-refractivity contribution is 5.83. The molecule has 0 radical (unpaired) electrons. The molecule has 0 aromatic carbocycles. The van der Waals surface area contributed by atoms with Crippen molar-refractivity contribution in [2.24, 2.45) is 5.92 Å². The van der Waals surface area contributed by atoms with Gasteiger partial charge in [-0.25, -0.2) is 0 Å². The van der Waals surface area contributed by atoms with E-state index in [1.807, 2.05) is 11.9 Å². The van der Waals surface area contributed by atoms with E-state index in [2.05, 4.69) is 0 Å². The van der Waals surface area contributed by atoms with Crippen molar-refractivity contribution in [3.05, 3.63) is 0 Å². The molecule has 0 spiro atoms. The molecule has 4 atom stereocenters. The van der Waals surface area contributed by atoms with Gasteiger partial charge in [-0.1, -0.05) is 0 Å². The molecule has 0 N–H and O–H groups in total. The predicted molar refractivity (Wildman–Crippen MR) is 37.9 cm³/mol. The fraction of sp³-hybridized carbons (Fsp3) is 0.875. The third-order valence-electron chi connectivity index (χ3n) is 3.31. The van der Waals surface area contributed by atoms with Gasteiger partial charge in [0.15, 0.2) is 0 Å². The van der Waals surface area contributed by atoms with Crippen molar-refractivity contribution in [3.8, 4) is 0 Å². The lowest BCUT2D eigenvalue weighted by Gasteiger charge is -2.16. The number of hydrogen-bond acceptors (Lipinski definition) is 2. The molecule has 3 fully saturated rings. The molecule has 60 valence electrons. The summed E-state index contributed by atoms with van der Waals surface area (Å²) in [6.07, 6.45) is 2.69. The van der Waals surface area contributed by atoms with Crippen LogP contribution in [0.15, 0.2) is 0 Å². The SMILES string of the molecule is CN1C(=O)C2CC3CC1C2O3. The number of hydrogen-bond donors (Lipinski definition) is 0. The molecular formula is C8H11NO2. The number of rotatable bonds is 0. The summed E-state index contributed by atoms with van der Waals surface area (Å²) < 4.78 is 5.64. The number of carbonyl (C=O) groups is 1. The van der Waals surface area contributed by atoms with Gasteiger partial charge in [-0.05, 0) is 12.8 Å². The van der Waals surface area contributed by atoms with Crippen LogP contribution in [0.5, 0.6) is 0 Å². The number of ether oxygens (including phenoxy) is 1. The van der Waals surface area contributed by atoms with Crippen molar-refractivity contribution in [1.82, 2.24) is 4.90 Å². The Morgan fingerprint density at radius 1 is 1.55 bits per heavy atom. The minimum Gasteiger partial charge on any atom is -0.372 e. The van der Waals surface area contributed by atoms with E-state index in [1.54, 1.807) is 0 Å². The van der Waals surface area contributed by atoms with Crippen LogP contribution >= 0.6 is 0 Å². The molecular weight excluding hydrogens is 142 g/mol. The predicted octanol–water partition coefficient (Wildman–Crippen LogP) is 0.00440. The summed E-state index contributed by atoms with van der Waals surface area (Å²) >= 11 is 0. The molecule has 3 aliphatic rings. The van der Waals surface area contributed by atoms with Crippen LogP contribution < -0.4 is 0 Å². The zero-order valence-corrected chi connectivity index (χ0v) is 6.49. The average molecular weight is 153 g/mol. The normalized spacial score (nSPS) is 52.8. The average Bonchev–Trinajstić information content (AvgIpc) is 2.60. The summed E-state index contributed by atoms with van der Waals surface area (Å²) in [6, 6.07) is 0.409. The molecule has 3 rings (SSSR count). The molecule has 1 amide bonds. The fourth-order valence-electron chi connectivity index (χ4n) is 2.75. The highest BCUT2D eigenvalue weighted by Gasteiger charge is 2.58. The Kier molecular flexibility index (Phi) is 0.876. The topological polar surface area (TPSA) is 29.5 Å². The lowest BCUT2D eigenvalue weighted by atomic mass is 9.90. The minimum absolute atomic E-state index is 0.212. The molecule has 3 saturated heterocycles. The van der Waals surface area contributed by atoms with Crippen LogP contribution in [0.4, 0.5) is 0 Å². The van der Waals surface area contributed by atoms with E-state index in [0.29, 0.717) is 18.1 Å². The Morgan fingerprint density at radius 3 is 2.91 bits per heavy atom. The first-order valence-electron chi connectivity index (χ1n) is 4.19. The largest absolute Gasteiger partial charge is 0.372 e. The Bertz CT molecular complexity index is 228. The van der Waals surface area contributed by atoms with Gasteiger partial charge in [-0.15, -0.1) is 0 Å². The number of likely N-dealkylation sites (N-methyl/N-ethyl adjacent to an activating group) is 1. The third kappa shape index (κ3) is 0.527. The van der Waals surface area contributed by atoms with Gasteiger partial charge < -0.3 is 9.64 Å². The van der Waals surface area contributed by atoms with Gasteiger partial charge in [-0.3, -0.25) is 4.79 Å². The highest BCUT2D eigenvalue weighted by atomic mass is 16.5. The van der Waals surface area contributed by atoms with E-state index in [9.17, 15) is 4.79 Å². The van der Waals surface area contributed by atoms with Crippen molar-refractivity contribution in [2.45, 2.75) is 31.1 Å². The fourth-order valence-corrected chi connectivity index (χ4v) is 2.75. The van der Waals surface area contributed by atoms with Crippen molar-refractivity contribution < 1.29 is 9.53 Å². The number of amides is 1. The van der Waals surface area contributed by atoms with Gasteiger partial charge in [0.05, 0.1) is 24.2 Å². The monoisotopic (exact) mass is 153 g/mol. The summed E-state index contributed by atoms with van der Waals surface area (Å²) in [5.41, 5.74) is 0. The van der Waals surface area contributed by atoms with Gasteiger partial charge in [0.2, 0.25) is 5.91 Å². The molecule has 0 aromatic rings. The van der Waals surface area contributed by atoms with E-state index in [4.69, 9.17) is 4.74 Å². The Hall–Kier alpha value is -0.570. The molecule has 3 heteroatoms. The van der Waals surface area contributed by atoms with Crippen LogP contribution in [0.2, 0.25) is 0 Å². The Labute approximate surface area is 65.3 Å². The first-order chi connectivity index (χ1) is 5.27. The molecule has 0 saturated carbocycles. The molecule has 3 aliphatic heterocycles. The van der Waals surface area contributed by atoms with E-state index < -0.39 is 0 Å². The molecule has 0 aliphatic carbocycles. The van der Waals surface area contributed by atoms with Crippen molar-refractivity contribution >= 4 is 5.91 Å². The van der Waals surface area contributed by atoms with Crippen LogP contribution in [0, 0.1) is 5.92 Å². The Balaban J connectivity index is 2.05. The summed E-state index contributed by atoms with van der Waals surface area (Å²) in [7, 11) is 1.90. The first-order valence-corrected chi connectivity index (χ1v) is 4.19. The van der Waals surface area contributed by atoms with Crippen LogP contribution in [-0.4, -0.2) is 36.1 Å². The van der Waals surface area contributed by atoms with Crippen molar-refractivity contribution in [3.63, 3.8) is 0 Å². The Morgan fingerprint density at radius 2 is 2.36 bits per heavy atom. The third-order valence-corrected chi connectivity index (χ3v) is 3.31. The second kappa shape index (κ2) is 1.61. The maximum Gasteiger partial charge on any atom is 0.228 e. The van der Waals surface area contributed by atoms with E-state index in [0.717, 1.165) is 12.8 Å². The number of carbonyl (C=O) groups excluding carboxylic acids is 1. The van der Waals surface area contributed by atoms with E-state index in [-0.39, 0.29) is 12.0 Å². The van der Waals surface area contributed by atoms with Crippen LogP contribution in [0.25, 0.3) is 0 Å². The van der Waals surface area contributed by atoms with E-state index in [1.165, 1.54) is 0 Å². The molecule has 4 unspecified atom stereocenters. The zero-order chi connectivity index (χ0) is 7.59. The molecule has 2 bridgehead atoms. The van der Waals surface area contributed by atoms with Crippen molar-refractivity contribution in [1.29, 1.82) is 0 Å². The molecule has 0 aromatic heterocycles. The smallest absolute Gasteiger partial charge is 0.228 e. The van der Waals surface area contributed by atoms with Gasteiger partial charge in [0, 0.05) is 7.05 Å². The second-order valence-corrected chi connectivity index (χ2v) is 3.82. The molecule has 3 nitrogen and oxygen atoms in total. The summed E-state index contributed by atoms with van der Waals surface area (Å²) in [4.78, 5) is 13.3. The summed E-state index contributed by atoms with van der Waals surface area (Å²) in [5, 5.41) is 0. The van der Waals surface area contributed by atoms with E-state index >= 15 is 0 Å². The van der Waals surface area contributed by atoms with Crippen LogP contribution in [-0.2, 0) is 9.53 Å². The van der Waals surface area contributed by atoms with Crippen molar-refractivity contribution in [2.75, 3.05) is 7.05 Å². The quantitative estimate of drug-likeness (QED) is 0.490. The second-order valence-electron chi connectivity index (χ2n) is 3.82. The lowest BCUT2D eigenvalue weighted by molar-refractivity contribution is -0.130. The number of nitrogens with zero attached hydrogens (tertiary/aromatic N) is 1. The maximum atomic E-state index is 11.5. The van der Waals surface area contributed by atoms with Gasteiger partial charge in [-0.2, -0.15) is 0 Å². The lowest BCUT2D eigenvalue weighted by Crippen LogP contribution is -2.30. The molecule has 11 heavy (non-hydrogen) atoms. The maximum absolute atomic E-state index is 11.5. The zero-order valence-electron chi connectivity index (χ0n) is 6.49. The minimum atomic E-state index is 0.212. The van der Waals surface area contributed by atoms with Crippen LogP contribution in [0.1, 0.15) is 12.8 Å².